The van der Waals surface area contributed by atoms with E-state index in [-0.39, 0.29) is 12.3 Å². The first-order chi connectivity index (χ1) is 10.0. The third-order valence-corrected chi connectivity index (χ3v) is 3.66. The number of carboxylic acid groups (broad SMARTS) is 1. The van der Waals surface area contributed by atoms with E-state index in [4.69, 9.17) is 5.11 Å². The lowest BCUT2D eigenvalue weighted by Gasteiger charge is -2.20. The quantitative estimate of drug-likeness (QED) is 0.807. The molecule has 1 aromatic rings. The summed E-state index contributed by atoms with van der Waals surface area (Å²) in [5.41, 5.74) is 1.84. The molecule has 1 heterocycles. The van der Waals surface area contributed by atoms with Gasteiger partial charge in [-0.3, -0.25) is 9.48 Å². The van der Waals surface area contributed by atoms with Crippen LogP contribution in [-0.2, 0) is 22.6 Å². The van der Waals surface area contributed by atoms with Gasteiger partial charge in [0.25, 0.3) is 0 Å². The van der Waals surface area contributed by atoms with Gasteiger partial charge in [0.1, 0.15) is 5.54 Å². The highest BCUT2D eigenvalue weighted by atomic mass is 16.4. The summed E-state index contributed by atoms with van der Waals surface area (Å²) in [6.07, 6.45) is 0.822. The average Bonchev–Trinajstić information content (AvgIpc) is 2.60. The molecule has 0 aliphatic carbocycles. The van der Waals surface area contributed by atoms with E-state index in [1.807, 2.05) is 18.5 Å². The molecule has 124 valence electrons. The number of amides is 1. The van der Waals surface area contributed by atoms with Gasteiger partial charge in [-0.1, -0.05) is 13.8 Å². The normalized spacial score (nSPS) is 11.8. The van der Waals surface area contributed by atoms with Crippen LogP contribution in [-0.4, -0.2) is 32.3 Å². The van der Waals surface area contributed by atoms with Crippen LogP contribution in [0.4, 0.5) is 0 Å². The van der Waals surface area contributed by atoms with E-state index in [1.165, 1.54) is 13.8 Å². The Morgan fingerprint density at radius 3 is 2.41 bits per heavy atom. The second kappa shape index (κ2) is 6.94. The van der Waals surface area contributed by atoms with Crippen LogP contribution in [0.1, 0.15) is 51.1 Å². The molecule has 0 saturated heterocycles. The number of hydrogen-bond acceptors (Lipinski definition) is 3. The first-order valence-electron chi connectivity index (χ1n) is 7.62. The molecule has 2 N–H and O–H groups in total. The van der Waals surface area contributed by atoms with Crippen LogP contribution >= 0.6 is 0 Å². The highest BCUT2D eigenvalue weighted by Crippen LogP contribution is 2.16. The Bertz CT molecular complexity index is 559. The first-order valence-corrected chi connectivity index (χ1v) is 7.62. The van der Waals surface area contributed by atoms with Crippen molar-refractivity contribution in [2.45, 2.75) is 66.5 Å². The van der Waals surface area contributed by atoms with E-state index in [0.29, 0.717) is 12.3 Å². The fourth-order valence-corrected chi connectivity index (χ4v) is 2.32. The molecule has 6 nitrogen and oxygen atoms in total. The van der Waals surface area contributed by atoms with E-state index in [2.05, 4.69) is 24.3 Å². The molecule has 0 saturated carbocycles. The van der Waals surface area contributed by atoms with Crippen molar-refractivity contribution >= 4 is 11.9 Å². The van der Waals surface area contributed by atoms with Crippen LogP contribution in [0, 0.1) is 19.8 Å². The third-order valence-electron chi connectivity index (χ3n) is 3.66. The molecule has 0 atom stereocenters. The lowest BCUT2D eigenvalue weighted by molar-refractivity contribution is -0.146. The Labute approximate surface area is 131 Å². The maximum absolute atomic E-state index is 11.9. The van der Waals surface area contributed by atoms with Gasteiger partial charge in [-0.05, 0) is 45.6 Å². The summed E-state index contributed by atoms with van der Waals surface area (Å²) >= 11 is 0. The number of rotatable bonds is 7. The maximum Gasteiger partial charge on any atom is 0.328 e. The summed E-state index contributed by atoms with van der Waals surface area (Å²) in [4.78, 5) is 23.0. The number of aryl methyl sites for hydroxylation is 1. The van der Waals surface area contributed by atoms with Crippen molar-refractivity contribution in [1.29, 1.82) is 0 Å². The molecule has 0 aliphatic rings. The van der Waals surface area contributed by atoms with E-state index >= 15 is 0 Å². The van der Waals surface area contributed by atoms with Gasteiger partial charge in [0, 0.05) is 18.7 Å². The van der Waals surface area contributed by atoms with E-state index in [9.17, 15) is 9.59 Å². The van der Waals surface area contributed by atoms with Crippen molar-refractivity contribution in [3.8, 4) is 0 Å². The van der Waals surface area contributed by atoms with Gasteiger partial charge >= 0.3 is 5.97 Å². The van der Waals surface area contributed by atoms with Crippen molar-refractivity contribution in [2.24, 2.45) is 5.92 Å². The average molecular weight is 309 g/mol. The van der Waals surface area contributed by atoms with Crippen molar-refractivity contribution in [1.82, 2.24) is 15.1 Å². The summed E-state index contributed by atoms with van der Waals surface area (Å²) in [7, 11) is 0. The summed E-state index contributed by atoms with van der Waals surface area (Å²) in [6, 6.07) is 0. The fraction of sp³-hybridized carbons (Fsp3) is 0.688. The lowest BCUT2D eigenvalue weighted by Crippen LogP contribution is -2.49. The summed E-state index contributed by atoms with van der Waals surface area (Å²) < 4.78 is 1.98. The zero-order valence-electron chi connectivity index (χ0n) is 14.4. The summed E-state index contributed by atoms with van der Waals surface area (Å²) in [5.74, 6) is -0.800. The molecular weight excluding hydrogens is 282 g/mol. The van der Waals surface area contributed by atoms with Crippen LogP contribution in [0.3, 0.4) is 0 Å². The minimum atomic E-state index is -1.25. The van der Waals surface area contributed by atoms with Crippen molar-refractivity contribution in [3.63, 3.8) is 0 Å². The summed E-state index contributed by atoms with van der Waals surface area (Å²) in [5, 5.41) is 16.1. The van der Waals surface area contributed by atoms with E-state index in [1.54, 1.807) is 0 Å². The molecule has 0 aromatic carbocycles. The molecular formula is C16H27N3O3. The number of nitrogens with zero attached hydrogens (tertiary/aromatic N) is 2. The minimum absolute atomic E-state index is 0.256. The van der Waals surface area contributed by atoms with Gasteiger partial charge in [0.2, 0.25) is 5.91 Å². The smallest absolute Gasteiger partial charge is 0.328 e. The predicted octanol–water partition coefficient (Wildman–Crippen LogP) is 2.07. The highest BCUT2D eigenvalue weighted by molar-refractivity contribution is 5.86. The number of nitrogens with one attached hydrogen (secondary N) is 1. The first kappa shape index (κ1) is 18.2. The van der Waals surface area contributed by atoms with Crippen LogP contribution in [0.25, 0.3) is 0 Å². The Morgan fingerprint density at radius 1 is 1.32 bits per heavy atom. The van der Waals surface area contributed by atoms with Crippen molar-refractivity contribution < 1.29 is 14.7 Å². The van der Waals surface area contributed by atoms with Crippen molar-refractivity contribution in [2.75, 3.05) is 0 Å². The molecule has 6 heteroatoms. The Hall–Kier alpha value is -1.85. The van der Waals surface area contributed by atoms with Gasteiger partial charge in [0.05, 0.1) is 5.69 Å². The van der Waals surface area contributed by atoms with Crippen LogP contribution < -0.4 is 5.32 Å². The van der Waals surface area contributed by atoms with Crippen LogP contribution in [0.5, 0.6) is 0 Å². The number of carboxylic acids is 1. The number of carbonyl (C=O) groups excluding carboxylic acids is 1. The second-order valence-electron chi connectivity index (χ2n) is 6.70. The van der Waals surface area contributed by atoms with Gasteiger partial charge in [0.15, 0.2) is 0 Å². The third kappa shape index (κ3) is 4.58. The molecule has 1 aromatic heterocycles. The van der Waals surface area contributed by atoms with Crippen LogP contribution in [0.15, 0.2) is 0 Å². The fourth-order valence-electron chi connectivity index (χ4n) is 2.32. The Kier molecular flexibility index (Phi) is 5.74. The summed E-state index contributed by atoms with van der Waals surface area (Å²) in [6.45, 7) is 12.0. The minimum Gasteiger partial charge on any atom is -0.480 e. The van der Waals surface area contributed by atoms with Crippen molar-refractivity contribution in [3.05, 3.63) is 17.0 Å². The molecule has 1 rings (SSSR count). The van der Waals surface area contributed by atoms with Gasteiger partial charge in [-0.2, -0.15) is 5.10 Å². The predicted molar refractivity (Wildman–Crippen MR) is 84.7 cm³/mol. The van der Waals surface area contributed by atoms with Gasteiger partial charge < -0.3 is 10.4 Å². The zero-order valence-corrected chi connectivity index (χ0v) is 14.4. The number of carbonyl (C=O) groups is 2. The maximum atomic E-state index is 11.9. The molecule has 0 fully saturated rings. The molecule has 22 heavy (non-hydrogen) atoms. The van der Waals surface area contributed by atoms with Crippen LogP contribution in [0.2, 0.25) is 0 Å². The highest BCUT2D eigenvalue weighted by Gasteiger charge is 2.28. The number of hydrogen-bond donors (Lipinski definition) is 2. The molecule has 0 radical (unpaired) electrons. The molecule has 0 bridgehead atoms. The number of aromatic nitrogens is 2. The molecule has 1 amide bonds. The Balaban J connectivity index is 2.71. The SMILES string of the molecule is Cc1nn(CC(C)C)c(C)c1CCC(=O)NC(C)(C)C(=O)O. The number of aliphatic carboxylic acids is 1. The van der Waals surface area contributed by atoms with E-state index in [0.717, 1.165) is 23.5 Å². The van der Waals surface area contributed by atoms with Gasteiger partial charge in [-0.15, -0.1) is 0 Å². The van der Waals surface area contributed by atoms with E-state index < -0.39 is 11.5 Å². The topological polar surface area (TPSA) is 84.2 Å². The second-order valence-corrected chi connectivity index (χ2v) is 6.70. The zero-order chi connectivity index (χ0) is 17.1. The molecule has 0 aliphatic heterocycles. The lowest BCUT2D eigenvalue weighted by atomic mass is 10.0. The molecule has 0 spiro atoms. The van der Waals surface area contributed by atoms with Gasteiger partial charge in [-0.25, -0.2) is 4.79 Å². The standard InChI is InChI=1S/C16H27N3O3/c1-10(2)9-19-12(4)13(11(3)18-19)7-8-14(20)17-16(5,6)15(21)22/h10H,7-9H2,1-6H3,(H,17,20)(H,21,22). The monoisotopic (exact) mass is 309 g/mol. The Morgan fingerprint density at radius 2 is 1.91 bits per heavy atom. The largest absolute Gasteiger partial charge is 0.480 e. The molecule has 0 unspecified atom stereocenters.